The van der Waals surface area contributed by atoms with E-state index in [1.807, 2.05) is 13.1 Å². The van der Waals surface area contributed by atoms with Gasteiger partial charge in [0.2, 0.25) is 0 Å². The Balaban J connectivity index is 3.04. The first-order valence-electron chi connectivity index (χ1n) is 3.72. The van der Waals surface area contributed by atoms with E-state index < -0.39 is 0 Å². The first kappa shape index (κ1) is 10.2. The molecule has 0 saturated heterocycles. The maximum absolute atomic E-state index is 3.54. The highest BCUT2D eigenvalue weighted by molar-refractivity contribution is 9.10. The number of benzene rings is 1. The van der Waals surface area contributed by atoms with Crippen LogP contribution in [0.1, 0.15) is 16.1 Å². The van der Waals surface area contributed by atoms with Crippen molar-refractivity contribution in [2.45, 2.75) is 11.9 Å². The molecule has 0 heterocycles. The number of aryl methyl sites for hydroxylation is 1. The van der Waals surface area contributed by atoms with Crippen LogP contribution in [0, 0.1) is 6.92 Å². The molecule has 1 aromatic rings. The van der Waals surface area contributed by atoms with E-state index in [1.54, 1.807) is 0 Å². The second-order valence-electron chi connectivity index (χ2n) is 2.65. The third-order valence-corrected chi connectivity index (χ3v) is 3.21. The van der Waals surface area contributed by atoms with Crippen molar-refractivity contribution in [2.75, 3.05) is 7.05 Å². The third-order valence-electron chi connectivity index (χ3n) is 1.77. The van der Waals surface area contributed by atoms with Gasteiger partial charge < -0.3 is 5.32 Å². The van der Waals surface area contributed by atoms with Gasteiger partial charge in [-0.15, -0.1) is 0 Å². The molecule has 0 bridgehead atoms. The highest BCUT2D eigenvalue weighted by Crippen LogP contribution is 2.25. The van der Waals surface area contributed by atoms with Gasteiger partial charge in [-0.1, -0.05) is 37.9 Å². The molecule has 0 saturated carbocycles. The fourth-order valence-corrected chi connectivity index (χ4v) is 1.91. The van der Waals surface area contributed by atoms with E-state index >= 15 is 0 Å². The molecule has 0 aliphatic rings. The topological polar surface area (TPSA) is 12.0 Å². The maximum atomic E-state index is 3.54. The summed E-state index contributed by atoms with van der Waals surface area (Å²) in [6.45, 7) is 2.10. The number of nitrogens with one attached hydrogen (secondary N) is 1. The van der Waals surface area contributed by atoms with Crippen molar-refractivity contribution in [2.24, 2.45) is 0 Å². The summed E-state index contributed by atoms with van der Waals surface area (Å²) in [5.74, 6) is 0. The lowest BCUT2D eigenvalue weighted by atomic mass is 10.1. The summed E-state index contributed by atoms with van der Waals surface area (Å²) in [7, 11) is 1.93. The summed E-state index contributed by atoms with van der Waals surface area (Å²) in [5, 5.41) is 3.15. The highest BCUT2D eigenvalue weighted by atomic mass is 79.9. The van der Waals surface area contributed by atoms with Crippen LogP contribution in [-0.2, 0) is 0 Å². The molecule has 0 aromatic heterocycles. The fourth-order valence-electron chi connectivity index (χ4n) is 1.04. The SMILES string of the molecule is CNC(Br)c1cc(Br)ccc1C. The summed E-state index contributed by atoms with van der Waals surface area (Å²) in [5.41, 5.74) is 2.56. The van der Waals surface area contributed by atoms with Crippen LogP contribution < -0.4 is 5.32 Å². The highest BCUT2D eigenvalue weighted by Gasteiger charge is 2.07. The molecule has 0 fully saturated rings. The molecule has 0 radical (unpaired) electrons. The van der Waals surface area contributed by atoms with Crippen molar-refractivity contribution < 1.29 is 0 Å². The normalized spacial score (nSPS) is 13.0. The van der Waals surface area contributed by atoms with Gasteiger partial charge in [0, 0.05) is 4.47 Å². The predicted molar refractivity (Wildman–Crippen MR) is 59.6 cm³/mol. The summed E-state index contributed by atoms with van der Waals surface area (Å²) in [6.07, 6.45) is 0. The van der Waals surface area contributed by atoms with Crippen LogP contribution in [0.5, 0.6) is 0 Å². The number of halogens is 2. The van der Waals surface area contributed by atoms with Gasteiger partial charge in [0.1, 0.15) is 0 Å². The number of hydrogen-bond donors (Lipinski definition) is 1. The summed E-state index contributed by atoms with van der Waals surface area (Å²) < 4.78 is 1.11. The van der Waals surface area contributed by atoms with Crippen molar-refractivity contribution in [3.8, 4) is 0 Å². The lowest BCUT2D eigenvalue weighted by molar-refractivity contribution is 0.802. The molecule has 66 valence electrons. The lowest BCUT2D eigenvalue weighted by Gasteiger charge is -2.12. The first-order chi connectivity index (χ1) is 5.65. The number of rotatable bonds is 2. The van der Waals surface area contributed by atoms with Crippen molar-refractivity contribution in [3.05, 3.63) is 33.8 Å². The van der Waals surface area contributed by atoms with Gasteiger partial charge in [0.05, 0.1) is 4.95 Å². The Hall–Kier alpha value is 0.140. The quantitative estimate of drug-likeness (QED) is 0.651. The summed E-state index contributed by atoms with van der Waals surface area (Å²) >= 11 is 6.98. The Morgan fingerprint density at radius 2 is 2.08 bits per heavy atom. The zero-order chi connectivity index (χ0) is 9.14. The first-order valence-corrected chi connectivity index (χ1v) is 5.43. The Kier molecular flexibility index (Phi) is 3.75. The van der Waals surface area contributed by atoms with Gasteiger partial charge in [-0.05, 0) is 37.2 Å². The maximum Gasteiger partial charge on any atom is 0.0887 e. The third kappa shape index (κ3) is 2.31. The van der Waals surface area contributed by atoms with Crippen molar-refractivity contribution in [1.29, 1.82) is 0 Å². The van der Waals surface area contributed by atoms with Crippen LogP contribution in [0.15, 0.2) is 22.7 Å². The van der Waals surface area contributed by atoms with Gasteiger partial charge in [0.15, 0.2) is 0 Å². The van der Waals surface area contributed by atoms with Crippen LogP contribution in [-0.4, -0.2) is 7.05 Å². The van der Waals surface area contributed by atoms with Crippen LogP contribution in [0.4, 0.5) is 0 Å². The monoisotopic (exact) mass is 291 g/mol. The van der Waals surface area contributed by atoms with E-state index in [1.165, 1.54) is 11.1 Å². The van der Waals surface area contributed by atoms with E-state index in [9.17, 15) is 0 Å². The number of hydrogen-bond acceptors (Lipinski definition) is 1. The van der Waals surface area contributed by atoms with Crippen LogP contribution >= 0.6 is 31.9 Å². The standard InChI is InChI=1S/C9H11Br2N/c1-6-3-4-7(10)5-8(6)9(11)12-2/h3-5,9,12H,1-2H3. The second-order valence-corrected chi connectivity index (χ2v) is 4.48. The molecule has 1 rings (SSSR count). The van der Waals surface area contributed by atoms with E-state index in [0.29, 0.717) is 0 Å². The van der Waals surface area contributed by atoms with Crippen molar-refractivity contribution in [1.82, 2.24) is 5.32 Å². The Morgan fingerprint density at radius 1 is 1.42 bits per heavy atom. The zero-order valence-corrected chi connectivity index (χ0v) is 10.2. The van der Waals surface area contributed by atoms with E-state index in [2.05, 4.69) is 56.2 Å². The molecule has 1 nitrogen and oxygen atoms in total. The second kappa shape index (κ2) is 4.40. The van der Waals surface area contributed by atoms with E-state index in [-0.39, 0.29) is 4.95 Å². The molecule has 0 aliphatic carbocycles. The van der Waals surface area contributed by atoms with E-state index in [4.69, 9.17) is 0 Å². The van der Waals surface area contributed by atoms with Gasteiger partial charge in [-0.25, -0.2) is 0 Å². The molecule has 3 heteroatoms. The zero-order valence-electron chi connectivity index (χ0n) is 7.07. The lowest BCUT2D eigenvalue weighted by Crippen LogP contribution is -2.10. The minimum Gasteiger partial charge on any atom is -0.304 e. The molecule has 1 N–H and O–H groups in total. The molecule has 0 amide bonds. The van der Waals surface area contributed by atoms with E-state index in [0.717, 1.165) is 4.47 Å². The molecule has 0 spiro atoms. The molecule has 0 aliphatic heterocycles. The van der Waals surface area contributed by atoms with Gasteiger partial charge in [0.25, 0.3) is 0 Å². The smallest absolute Gasteiger partial charge is 0.0887 e. The summed E-state index contributed by atoms with van der Waals surface area (Å²) in [6, 6.07) is 6.27. The summed E-state index contributed by atoms with van der Waals surface area (Å²) in [4.78, 5) is 0.231. The largest absolute Gasteiger partial charge is 0.304 e. The molecular formula is C9H11Br2N. The fraction of sp³-hybridized carbons (Fsp3) is 0.333. The molecular weight excluding hydrogens is 282 g/mol. The minimum absolute atomic E-state index is 0.231. The van der Waals surface area contributed by atoms with Gasteiger partial charge >= 0.3 is 0 Å². The van der Waals surface area contributed by atoms with Crippen molar-refractivity contribution >= 4 is 31.9 Å². The average Bonchev–Trinajstić information content (AvgIpc) is 2.08. The number of alkyl halides is 1. The minimum atomic E-state index is 0.231. The Labute approximate surface area is 89.8 Å². The van der Waals surface area contributed by atoms with Crippen LogP contribution in [0.25, 0.3) is 0 Å². The molecule has 1 unspecified atom stereocenters. The Morgan fingerprint density at radius 3 is 2.67 bits per heavy atom. The van der Waals surface area contributed by atoms with Gasteiger partial charge in [-0.3, -0.25) is 0 Å². The molecule has 1 aromatic carbocycles. The Bertz CT molecular complexity index is 273. The molecule has 1 atom stereocenters. The van der Waals surface area contributed by atoms with Crippen molar-refractivity contribution in [3.63, 3.8) is 0 Å². The van der Waals surface area contributed by atoms with Gasteiger partial charge in [-0.2, -0.15) is 0 Å². The van der Waals surface area contributed by atoms with Crippen LogP contribution in [0.2, 0.25) is 0 Å². The average molecular weight is 293 g/mol. The van der Waals surface area contributed by atoms with Crippen LogP contribution in [0.3, 0.4) is 0 Å². The predicted octanol–water partition coefficient (Wildman–Crippen LogP) is 3.37. The molecule has 12 heavy (non-hydrogen) atoms.